The number of carbonyl (C=O) groups is 1. The van der Waals surface area contributed by atoms with Crippen molar-refractivity contribution in [3.05, 3.63) is 46.3 Å². The average molecular weight is 380 g/mol. The molecular formula is C14H10BrN3O3S. The molecule has 3 aromatic rings. The Balaban J connectivity index is 1.56. The molecule has 0 aromatic carbocycles. The Bertz CT molecular complexity index is 773. The molecule has 112 valence electrons. The van der Waals surface area contributed by atoms with E-state index in [2.05, 4.69) is 31.1 Å². The van der Waals surface area contributed by atoms with Crippen molar-refractivity contribution in [2.45, 2.75) is 12.8 Å². The first kappa shape index (κ1) is 14.9. The van der Waals surface area contributed by atoms with Gasteiger partial charge in [-0.1, -0.05) is 11.2 Å². The fourth-order valence-electron chi connectivity index (χ4n) is 1.69. The van der Waals surface area contributed by atoms with Gasteiger partial charge in [-0.3, -0.25) is 4.79 Å². The van der Waals surface area contributed by atoms with Crippen LogP contribution in [0.1, 0.15) is 12.3 Å². The number of ether oxygens (including phenoxy) is 1. The second-order valence-corrected chi connectivity index (χ2v) is 5.95. The van der Waals surface area contributed by atoms with E-state index in [1.807, 2.05) is 17.5 Å². The summed E-state index contributed by atoms with van der Waals surface area (Å²) in [7, 11) is 0. The van der Waals surface area contributed by atoms with Gasteiger partial charge in [-0.05, 0) is 39.5 Å². The summed E-state index contributed by atoms with van der Waals surface area (Å²) in [4.78, 5) is 21.0. The number of carbonyl (C=O) groups excluding carboxylic acids is 1. The SMILES string of the molecule is O=C(CCc1nc(-c2cccs2)no1)Oc1cccnc1Br. The topological polar surface area (TPSA) is 78.1 Å². The Morgan fingerprint density at radius 3 is 3.05 bits per heavy atom. The second-order valence-electron chi connectivity index (χ2n) is 4.26. The Morgan fingerprint density at radius 2 is 2.27 bits per heavy atom. The van der Waals surface area contributed by atoms with E-state index in [0.717, 1.165) is 4.88 Å². The third-order valence-electron chi connectivity index (χ3n) is 2.70. The van der Waals surface area contributed by atoms with Crippen LogP contribution in [0.3, 0.4) is 0 Å². The maximum absolute atomic E-state index is 11.8. The summed E-state index contributed by atoms with van der Waals surface area (Å²) in [5, 5.41) is 5.83. The normalized spacial score (nSPS) is 10.6. The van der Waals surface area contributed by atoms with E-state index < -0.39 is 0 Å². The highest BCUT2D eigenvalue weighted by molar-refractivity contribution is 9.10. The summed E-state index contributed by atoms with van der Waals surface area (Å²) in [6.07, 6.45) is 2.08. The summed E-state index contributed by atoms with van der Waals surface area (Å²) >= 11 is 4.75. The van der Waals surface area contributed by atoms with Crippen LogP contribution in [0.15, 0.2) is 45.0 Å². The van der Waals surface area contributed by atoms with Crippen LogP contribution in [0.5, 0.6) is 5.75 Å². The lowest BCUT2D eigenvalue weighted by Gasteiger charge is -2.03. The van der Waals surface area contributed by atoms with Crippen LogP contribution >= 0.6 is 27.3 Å². The molecule has 8 heteroatoms. The number of thiophene rings is 1. The third kappa shape index (κ3) is 3.58. The lowest BCUT2D eigenvalue weighted by Crippen LogP contribution is -2.09. The molecule has 3 aromatic heterocycles. The molecule has 0 spiro atoms. The van der Waals surface area contributed by atoms with Crippen molar-refractivity contribution < 1.29 is 14.1 Å². The van der Waals surface area contributed by atoms with Crippen molar-refractivity contribution in [2.24, 2.45) is 0 Å². The summed E-state index contributed by atoms with van der Waals surface area (Å²) in [5.41, 5.74) is 0. The Hall–Kier alpha value is -2.06. The van der Waals surface area contributed by atoms with Crippen molar-refractivity contribution >= 4 is 33.2 Å². The lowest BCUT2D eigenvalue weighted by atomic mass is 10.3. The summed E-state index contributed by atoms with van der Waals surface area (Å²) in [5.74, 6) is 0.945. The van der Waals surface area contributed by atoms with E-state index in [4.69, 9.17) is 9.26 Å². The van der Waals surface area contributed by atoms with E-state index in [0.29, 0.717) is 28.5 Å². The average Bonchev–Trinajstić information content (AvgIpc) is 3.18. The zero-order valence-electron chi connectivity index (χ0n) is 11.2. The Kier molecular flexibility index (Phi) is 4.59. The van der Waals surface area contributed by atoms with Crippen LogP contribution in [0.25, 0.3) is 10.7 Å². The molecule has 22 heavy (non-hydrogen) atoms. The van der Waals surface area contributed by atoms with Gasteiger partial charge in [0.25, 0.3) is 0 Å². The summed E-state index contributed by atoms with van der Waals surface area (Å²) in [6.45, 7) is 0. The molecule has 0 atom stereocenters. The second kappa shape index (κ2) is 6.80. The van der Waals surface area contributed by atoms with E-state index in [1.165, 1.54) is 11.3 Å². The van der Waals surface area contributed by atoms with Gasteiger partial charge in [0.15, 0.2) is 5.75 Å². The van der Waals surface area contributed by atoms with Gasteiger partial charge in [-0.2, -0.15) is 4.98 Å². The van der Waals surface area contributed by atoms with Gasteiger partial charge in [-0.25, -0.2) is 4.98 Å². The number of halogens is 1. The molecule has 0 aliphatic heterocycles. The van der Waals surface area contributed by atoms with Gasteiger partial charge in [-0.15, -0.1) is 11.3 Å². The molecule has 6 nitrogen and oxygen atoms in total. The fraction of sp³-hybridized carbons (Fsp3) is 0.143. The molecule has 0 aliphatic carbocycles. The van der Waals surface area contributed by atoms with Gasteiger partial charge in [0.1, 0.15) is 4.60 Å². The summed E-state index contributed by atoms with van der Waals surface area (Å²) < 4.78 is 10.8. The fourth-order valence-corrected chi connectivity index (χ4v) is 2.67. The first-order valence-corrected chi connectivity index (χ1v) is 8.07. The number of rotatable bonds is 5. The van der Waals surface area contributed by atoms with Crippen LogP contribution in [0.4, 0.5) is 0 Å². The summed E-state index contributed by atoms with van der Waals surface area (Å²) in [6, 6.07) is 7.18. The van der Waals surface area contributed by atoms with Crippen LogP contribution < -0.4 is 4.74 Å². The van der Waals surface area contributed by atoms with Crippen molar-refractivity contribution in [3.63, 3.8) is 0 Å². The van der Waals surface area contributed by atoms with Crippen molar-refractivity contribution in [1.82, 2.24) is 15.1 Å². The van der Waals surface area contributed by atoms with E-state index in [9.17, 15) is 4.79 Å². The van der Waals surface area contributed by atoms with Gasteiger partial charge in [0.05, 0.1) is 11.3 Å². The first-order valence-electron chi connectivity index (χ1n) is 6.40. The molecule has 0 saturated carbocycles. The molecule has 3 rings (SSSR count). The molecular weight excluding hydrogens is 370 g/mol. The van der Waals surface area contributed by atoms with Gasteiger partial charge < -0.3 is 9.26 Å². The van der Waals surface area contributed by atoms with Crippen LogP contribution in [-0.2, 0) is 11.2 Å². The molecule has 3 heterocycles. The van der Waals surface area contributed by atoms with Crippen LogP contribution in [-0.4, -0.2) is 21.1 Å². The highest BCUT2D eigenvalue weighted by Crippen LogP contribution is 2.23. The maximum Gasteiger partial charge on any atom is 0.311 e. The zero-order valence-corrected chi connectivity index (χ0v) is 13.6. The largest absolute Gasteiger partial charge is 0.424 e. The molecule has 0 saturated heterocycles. The standard InChI is InChI=1S/C14H10BrN3O3S/c15-13-9(3-1-7-16-13)20-12(19)6-5-11-17-14(18-21-11)10-4-2-8-22-10/h1-4,7-8H,5-6H2. The third-order valence-corrected chi connectivity index (χ3v) is 4.16. The number of aromatic nitrogens is 3. The number of aryl methyl sites for hydroxylation is 1. The molecule has 0 N–H and O–H groups in total. The van der Waals surface area contributed by atoms with Gasteiger partial charge in [0.2, 0.25) is 11.7 Å². The molecule has 0 unspecified atom stereocenters. The number of nitrogens with zero attached hydrogens (tertiary/aromatic N) is 3. The van der Waals surface area contributed by atoms with Crippen LogP contribution in [0, 0.1) is 0 Å². The molecule has 0 amide bonds. The smallest absolute Gasteiger partial charge is 0.311 e. The van der Waals surface area contributed by atoms with Crippen LogP contribution in [0.2, 0.25) is 0 Å². The molecule has 0 fully saturated rings. The number of esters is 1. The highest BCUT2D eigenvalue weighted by atomic mass is 79.9. The van der Waals surface area contributed by atoms with Crippen molar-refractivity contribution in [1.29, 1.82) is 0 Å². The van der Waals surface area contributed by atoms with Crippen molar-refractivity contribution in [3.8, 4) is 16.5 Å². The Morgan fingerprint density at radius 1 is 1.36 bits per heavy atom. The maximum atomic E-state index is 11.8. The quantitative estimate of drug-likeness (QED) is 0.498. The Labute approximate surface area is 138 Å². The van der Waals surface area contributed by atoms with Gasteiger partial charge >= 0.3 is 5.97 Å². The monoisotopic (exact) mass is 379 g/mol. The van der Waals surface area contributed by atoms with E-state index >= 15 is 0 Å². The zero-order chi connectivity index (χ0) is 15.4. The molecule has 0 aliphatic rings. The van der Waals surface area contributed by atoms with Gasteiger partial charge in [0, 0.05) is 12.6 Å². The number of hydrogen-bond donors (Lipinski definition) is 0. The minimum atomic E-state index is -0.385. The van der Waals surface area contributed by atoms with E-state index in [1.54, 1.807) is 18.3 Å². The number of hydrogen-bond acceptors (Lipinski definition) is 7. The predicted molar refractivity (Wildman–Crippen MR) is 83.5 cm³/mol. The molecule has 0 radical (unpaired) electrons. The molecule has 0 bridgehead atoms. The number of pyridine rings is 1. The minimum Gasteiger partial charge on any atom is -0.424 e. The highest BCUT2D eigenvalue weighted by Gasteiger charge is 2.13. The van der Waals surface area contributed by atoms with Crippen molar-refractivity contribution in [2.75, 3.05) is 0 Å². The minimum absolute atomic E-state index is 0.146. The van der Waals surface area contributed by atoms with E-state index in [-0.39, 0.29) is 12.4 Å². The first-order chi connectivity index (χ1) is 10.7. The lowest BCUT2D eigenvalue weighted by molar-refractivity contribution is -0.134. The predicted octanol–water partition coefficient (Wildman–Crippen LogP) is 3.49.